The maximum atomic E-state index is 10.4. The number of halogens is 2. The number of aliphatic imine (C=N–C) groups is 1. The molecule has 0 saturated heterocycles. The highest BCUT2D eigenvalue weighted by atomic mass is 35.5. The molecule has 1 aliphatic heterocycles. The quantitative estimate of drug-likeness (QED) is 0.635. The van der Waals surface area contributed by atoms with Gasteiger partial charge in [-0.25, -0.2) is 9.79 Å². The van der Waals surface area contributed by atoms with Crippen LogP contribution in [0.25, 0.3) is 0 Å². The normalized spacial score (nSPS) is 23.3. The van der Waals surface area contributed by atoms with Crippen molar-refractivity contribution in [2.45, 2.75) is 6.17 Å². The SMILES string of the molecule is O=C(O)C1N=C(Cl)C=CN1Cl. The fraction of sp³-hybridized carbons (Fsp3) is 0.200. The molecule has 1 aliphatic rings. The molecule has 0 radical (unpaired) electrons. The highest BCUT2D eigenvalue weighted by Crippen LogP contribution is 2.12. The number of aliphatic carboxylic acids is 1. The van der Waals surface area contributed by atoms with Gasteiger partial charge in [-0.2, -0.15) is 0 Å². The minimum atomic E-state index is -1.14. The molecule has 0 aromatic heterocycles. The number of hydrogen-bond acceptors (Lipinski definition) is 3. The highest BCUT2D eigenvalue weighted by molar-refractivity contribution is 6.68. The lowest BCUT2D eigenvalue weighted by Crippen LogP contribution is -2.32. The first kappa shape index (κ1) is 8.36. The summed E-state index contributed by atoms with van der Waals surface area (Å²) < 4.78 is 0.939. The van der Waals surface area contributed by atoms with E-state index < -0.39 is 12.1 Å². The van der Waals surface area contributed by atoms with Gasteiger partial charge in [0.1, 0.15) is 5.17 Å². The van der Waals surface area contributed by atoms with Gasteiger partial charge in [-0.05, 0) is 6.08 Å². The van der Waals surface area contributed by atoms with Crippen LogP contribution in [0.15, 0.2) is 17.3 Å². The Balaban J connectivity index is 2.81. The van der Waals surface area contributed by atoms with Gasteiger partial charge >= 0.3 is 5.97 Å². The number of nitrogens with zero attached hydrogens (tertiary/aromatic N) is 2. The van der Waals surface area contributed by atoms with Crippen LogP contribution in [-0.4, -0.2) is 26.8 Å². The molecule has 1 N–H and O–H groups in total. The fourth-order valence-electron chi connectivity index (χ4n) is 0.590. The van der Waals surface area contributed by atoms with Gasteiger partial charge in [0.25, 0.3) is 0 Å². The monoisotopic (exact) mass is 194 g/mol. The third kappa shape index (κ3) is 1.85. The molecule has 0 bridgehead atoms. The Kier molecular flexibility index (Phi) is 2.36. The van der Waals surface area contributed by atoms with Crippen LogP contribution in [0.3, 0.4) is 0 Å². The first-order chi connectivity index (χ1) is 5.11. The fourth-order valence-corrected chi connectivity index (χ4v) is 0.922. The minimum absolute atomic E-state index is 0.134. The van der Waals surface area contributed by atoms with E-state index >= 15 is 0 Å². The van der Waals surface area contributed by atoms with Gasteiger partial charge in [0.2, 0.25) is 6.17 Å². The number of hydrogen-bond donors (Lipinski definition) is 1. The van der Waals surface area contributed by atoms with Crippen LogP contribution < -0.4 is 0 Å². The van der Waals surface area contributed by atoms with E-state index in [9.17, 15) is 4.79 Å². The molecule has 0 fully saturated rings. The number of allylic oxidation sites excluding steroid dienone is 1. The van der Waals surface area contributed by atoms with Crippen molar-refractivity contribution in [3.63, 3.8) is 0 Å². The highest BCUT2D eigenvalue weighted by Gasteiger charge is 2.23. The Morgan fingerprint density at radius 3 is 2.91 bits per heavy atom. The predicted octanol–water partition coefficient (Wildman–Crippen LogP) is 1.02. The van der Waals surface area contributed by atoms with E-state index in [2.05, 4.69) is 4.99 Å². The second-order valence-electron chi connectivity index (χ2n) is 1.82. The lowest BCUT2D eigenvalue weighted by molar-refractivity contribution is -0.140. The zero-order chi connectivity index (χ0) is 8.43. The van der Waals surface area contributed by atoms with Crippen molar-refractivity contribution in [2.75, 3.05) is 0 Å². The summed E-state index contributed by atoms with van der Waals surface area (Å²) in [6.45, 7) is 0. The molecule has 0 aromatic carbocycles. The summed E-state index contributed by atoms with van der Waals surface area (Å²) in [5, 5.41) is 8.63. The maximum Gasteiger partial charge on any atom is 0.350 e. The minimum Gasteiger partial charge on any atom is -0.478 e. The van der Waals surface area contributed by atoms with E-state index in [0.717, 1.165) is 4.42 Å². The van der Waals surface area contributed by atoms with Crippen molar-refractivity contribution in [3.05, 3.63) is 12.3 Å². The van der Waals surface area contributed by atoms with Crippen molar-refractivity contribution >= 4 is 34.5 Å². The molecule has 1 atom stereocenters. The molecule has 0 aromatic rings. The van der Waals surface area contributed by atoms with Crippen LogP contribution in [0.4, 0.5) is 0 Å². The van der Waals surface area contributed by atoms with Crippen LogP contribution in [0.5, 0.6) is 0 Å². The summed E-state index contributed by atoms with van der Waals surface area (Å²) in [7, 11) is 0. The zero-order valence-electron chi connectivity index (χ0n) is 5.24. The molecule has 60 valence electrons. The first-order valence-corrected chi connectivity index (χ1v) is 3.41. The first-order valence-electron chi connectivity index (χ1n) is 2.69. The molecular formula is C5H4Cl2N2O2. The Labute approximate surface area is 72.8 Å². The number of rotatable bonds is 1. The summed E-state index contributed by atoms with van der Waals surface area (Å²) >= 11 is 10.9. The van der Waals surface area contributed by atoms with Gasteiger partial charge in [0.05, 0.1) is 0 Å². The second kappa shape index (κ2) is 3.11. The van der Waals surface area contributed by atoms with Gasteiger partial charge < -0.3 is 5.11 Å². The lowest BCUT2D eigenvalue weighted by Gasteiger charge is -2.18. The molecular weight excluding hydrogens is 191 g/mol. The van der Waals surface area contributed by atoms with Gasteiger partial charge in [-0.15, -0.1) is 0 Å². The molecule has 0 aliphatic carbocycles. The summed E-state index contributed by atoms with van der Waals surface area (Å²) in [6, 6.07) is 0. The average Bonchev–Trinajstić information content (AvgIpc) is 1.94. The standard InChI is InChI=1S/C5H4Cl2N2O2/c6-3-1-2-9(7)4(8-3)5(10)11/h1-2,4H,(H,10,11). The summed E-state index contributed by atoms with van der Waals surface area (Å²) in [5.74, 6) is -1.14. The van der Waals surface area contributed by atoms with Crippen LogP contribution in [-0.2, 0) is 4.79 Å². The van der Waals surface area contributed by atoms with Crippen LogP contribution >= 0.6 is 23.4 Å². The van der Waals surface area contributed by atoms with E-state index in [0.29, 0.717) is 0 Å². The van der Waals surface area contributed by atoms with E-state index in [-0.39, 0.29) is 5.17 Å². The number of carboxylic acids is 1. The zero-order valence-corrected chi connectivity index (χ0v) is 6.75. The molecule has 0 amide bonds. The number of carbonyl (C=O) groups is 1. The van der Waals surface area contributed by atoms with Gasteiger partial charge in [-0.3, -0.25) is 4.42 Å². The third-order valence-electron chi connectivity index (χ3n) is 1.05. The molecule has 11 heavy (non-hydrogen) atoms. The molecule has 1 unspecified atom stereocenters. The molecule has 0 spiro atoms. The Morgan fingerprint density at radius 1 is 1.82 bits per heavy atom. The van der Waals surface area contributed by atoms with Crippen LogP contribution in [0.1, 0.15) is 0 Å². The third-order valence-corrected chi connectivity index (χ3v) is 1.58. The van der Waals surface area contributed by atoms with Crippen molar-refractivity contribution in [1.29, 1.82) is 0 Å². The Bertz CT molecular complexity index is 239. The predicted molar refractivity (Wildman–Crippen MR) is 41.5 cm³/mol. The smallest absolute Gasteiger partial charge is 0.350 e. The van der Waals surface area contributed by atoms with E-state index in [1.165, 1.54) is 12.3 Å². The molecule has 6 heteroatoms. The molecule has 0 saturated carbocycles. The maximum absolute atomic E-state index is 10.4. The molecule has 1 heterocycles. The van der Waals surface area contributed by atoms with Gasteiger partial charge in [-0.1, -0.05) is 11.6 Å². The summed E-state index contributed by atoms with van der Waals surface area (Å²) in [4.78, 5) is 13.9. The van der Waals surface area contributed by atoms with E-state index in [1.54, 1.807) is 0 Å². The summed E-state index contributed by atoms with van der Waals surface area (Å²) in [5.41, 5.74) is 0. The van der Waals surface area contributed by atoms with Gasteiger partial charge in [0.15, 0.2) is 0 Å². The van der Waals surface area contributed by atoms with E-state index in [1.807, 2.05) is 0 Å². The second-order valence-corrected chi connectivity index (χ2v) is 2.60. The topological polar surface area (TPSA) is 52.9 Å². The average molecular weight is 195 g/mol. The van der Waals surface area contributed by atoms with Crippen molar-refractivity contribution in [3.8, 4) is 0 Å². The lowest BCUT2D eigenvalue weighted by atomic mass is 10.4. The Morgan fingerprint density at radius 2 is 2.45 bits per heavy atom. The molecule has 1 rings (SSSR count). The molecule has 4 nitrogen and oxygen atoms in total. The van der Waals surface area contributed by atoms with Crippen LogP contribution in [0, 0.1) is 0 Å². The number of carboxylic acid groups (broad SMARTS) is 1. The van der Waals surface area contributed by atoms with Crippen molar-refractivity contribution in [1.82, 2.24) is 4.42 Å². The van der Waals surface area contributed by atoms with Crippen molar-refractivity contribution < 1.29 is 9.90 Å². The largest absolute Gasteiger partial charge is 0.478 e. The van der Waals surface area contributed by atoms with Crippen LogP contribution in [0.2, 0.25) is 0 Å². The Hall–Kier alpha value is -0.740. The van der Waals surface area contributed by atoms with E-state index in [4.69, 9.17) is 28.5 Å². The van der Waals surface area contributed by atoms with Gasteiger partial charge in [0, 0.05) is 18.0 Å². The van der Waals surface area contributed by atoms with Crippen molar-refractivity contribution in [2.24, 2.45) is 4.99 Å². The summed E-state index contributed by atoms with van der Waals surface area (Å²) in [6.07, 6.45) is 1.64.